The van der Waals surface area contributed by atoms with E-state index < -0.39 is 0 Å². The molecule has 25 heavy (non-hydrogen) atoms. The molecule has 0 atom stereocenters. The molecule has 0 bridgehead atoms. The minimum absolute atomic E-state index is 0.0950. The van der Waals surface area contributed by atoms with Crippen LogP contribution in [0.5, 0.6) is 0 Å². The van der Waals surface area contributed by atoms with Crippen LogP contribution in [-0.4, -0.2) is 46.9 Å². The number of carbonyl (C=O) groups excluding carboxylic acids is 2. The summed E-state index contributed by atoms with van der Waals surface area (Å²) in [5.41, 5.74) is 2.32. The van der Waals surface area contributed by atoms with E-state index in [2.05, 4.69) is 0 Å². The predicted molar refractivity (Wildman–Crippen MR) is 95.1 cm³/mol. The van der Waals surface area contributed by atoms with Gasteiger partial charge in [0.25, 0.3) is 11.8 Å². The molecular formula is C20H20N2O3. The van der Waals surface area contributed by atoms with E-state index in [4.69, 9.17) is 0 Å². The lowest BCUT2D eigenvalue weighted by atomic mass is 10.0. The van der Waals surface area contributed by atoms with E-state index in [1.807, 2.05) is 60.7 Å². The Bertz CT molecular complexity index is 800. The summed E-state index contributed by atoms with van der Waals surface area (Å²) in [4.78, 5) is 28.9. The van der Waals surface area contributed by atoms with Gasteiger partial charge in [-0.05, 0) is 11.1 Å². The summed E-state index contributed by atoms with van der Waals surface area (Å²) in [5, 5.41) is 9.23. The Labute approximate surface area is 146 Å². The fourth-order valence-electron chi connectivity index (χ4n) is 2.95. The summed E-state index contributed by atoms with van der Waals surface area (Å²) in [6.45, 7) is 0.414. The predicted octanol–water partition coefficient (Wildman–Crippen LogP) is 1.89. The van der Waals surface area contributed by atoms with Crippen LogP contribution in [-0.2, 0) is 16.1 Å². The van der Waals surface area contributed by atoms with Gasteiger partial charge in [-0.25, -0.2) is 0 Å². The van der Waals surface area contributed by atoms with Gasteiger partial charge in [0, 0.05) is 13.6 Å². The van der Waals surface area contributed by atoms with Gasteiger partial charge in [-0.2, -0.15) is 0 Å². The highest BCUT2D eigenvalue weighted by atomic mass is 16.3. The molecule has 128 valence electrons. The van der Waals surface area contributed by atoms with Crippen LogP contribution < -0.4 is 0 Å². The zero-order valence-corrected chi connectivity index (χ0v) is 14.1. The second-order valence-electron chi connectivity index (χ2n) is 5.92. The highest BCUT2D eigenvalue weighted by Gasteiger charge is 2.40. The molecule has 0 fully saturated rings. The molecule has 0 aliphatic carbocycles. The third kappa shape index (κ3) is 3.32. The third-order valence-corrected chi connectivity index (χ3v) is 4.21. The van der Waals surface area contributed by atoms with Crippen molar-refractivity contribution in [2.45, 2.75) is 6.54 Å². The molecule has 3 rings (SSSR count). The smallest absolute Gasteiger partial charge is 0.278 e. The number of carbonyl (C=O) groups is 2. The normalized spacial score (nSPS) is 14.4. The number of aliphatic hydroxyl groups excluding tert-OH is 1. The molecule has 0 unspecified atom stereocenters. The Hall–Kier alpha value is -2.92. The number of hydrogen-bond acceptors (Lipinski definition) is 4. The first-order valence-electron chi connectivity index (χ1n) is 8.15. The fourth-order valence-corrected chi connectivity index (χ4v) is 2.95. The number of amides is 2. The van der Waals surface area contributed by atoms with E-state index >= 15 is 0 Å². The van der Waals surface area contributed by atoms with Crippen molar-refractivity contribution in [2.24, 2.45) is 0 Å². The largest absolute Gasteiger partial charge is 0.395 e. The number of imide groups is 1. The summed E-state index contributed by atoms with van der Waals surface area (Å²) in [6.07, 6.45) is 0. The molecule has 0 spiro atoms. The van der Waals surface area contributed by atoms with Gasteiger partial charge in [-0.1, -0.05) is 60.7 Å². The van der Waals surface area contributed by atoms with Crippen molar-refractivity contribution in [3.8, 4) is 0 Å². The summed E-state index contributed by atoms with van der Waals surface area (Å²) in [6, 6.07) is 18.6. The van der Waals surface area contributed by atoms with Crippen molar-refractivity contribution in [3.05, 3.63) is 77.5 Å². The van der Waals surface area contributed by atoms with Gasteiger partial charge in [-0.15, -0.1) is 0 Å². The zero-order valence-electron chi connectivity index (χ0n) is 14.1. The van der Waals surface area contributed by atoms with Crippen molar-refractivity contribution in [2.75, 3.05) is 20.2 Å². The molecule has 1 aliphatic heterocycles. The van der Waals surface area contributed by atoms with Crippen molar-refractivity contribution in [1.82, 2.24) is 9.80 Å². The summed E-state index contributed by atoms with van der Waals surface area (Å²) in [7, 11) is 1.71. The van der Waals surface area contributed by atoms with Crippen LogP contribution in [0, 0.1) is 0 Å². The first kappa shape index (κ1) is 16.9. The zero-order chi connectivity index (χ0) is 17.8. The van der Waals surface area contributed by atoms with E-state index in [-0.39, 0.29) is 31.5 Å². The average Bonchev–Trinajstić information content (AvgIpc) is 2.88. The highest BCUT2D eigenvalue weighted by Crippen LogP contribution is 2.31. The van der Waals surface area contributed by atoms with E-state index in [0.717, 1.165) is 5.56 Å². The molecule has 0 radical (unpaired) electrons. The topological polar surface area (TPSA) is 60.9 Å². The maximum absolute atomic E-state index is 13.0. The molecule has 1 heterocycles. The van der Waals surface area contributed by atoms with Gasteiger partial charge in [0.2, 0.25) is 0 Å². The Balaban J connectivity index is 2.00. The van der Waals surface area contributed by atoms with Gasteiger partial charge in [0.15, 0.2) is 0 Å². The second kappa shape index (κ2) is 7.32. The van der Waals surface area contributed by atoms with Crippen molar-refractivity contribution in [1.29, 1.82) is 0 Å². The first-order valence-corrected chi connectivity index (χ1v) is 8.15. The van der Waals surface area contributed by atoms with Crippen LogP contribution in [0.25, 0.3) is 5.57 Å². The van der Waals surface area contributed by atoms with Crippen molar-refractivity contribution in [3.63, 3.8) is 0 Å². The molecule has 5 heteroatoms. The van der Waals surface area contributed by atoms with E-state index in [1.54, 1.807) is 11.9 Å². The van der Waals surface area contributed by atoms with E-state index in [0.29, 0.717) is 16.8 Å². The SMILES string of the molecule is CN(CCO)C1=C(c2ccccc2)C(=O)N(Cc2ccccc2)C1=O. The van der Waals surface area contributed by atoms with Crippen LogP contribution in [0.1, 0.15) is 11.1 Å². The summed E-state index contributed by atoms with van der Waals surface area (Å²) < 4.78 is 0. The second-order valence-corrected chi connectivity index (χ2v) is 5.92. The maximum Gasteiger partial charge on any atom is 0.278 e. The standard InChI is InChI=1S/C20H20N2O3/c1-21(12-13-23)18-17(16-10-6-3-7-11-16)19(24)22(20(18)25)14-15-8-4-2-5-9-15/h2-11,23H,12-14H2,1H3. The van der Waals surface area contributed by atoms with E-state index in [1.165, 1.54) is 4.90 Å². The molecular weight excluding hydrogens is 316 g/mol. The molecule has 0 saturated carbocycles. The lowest BCUT2D eigenvalue weighted by Crippen LogP contribution is -2.34. The Morgan fingerprint density at radius 1 is 0.920 bits per heavy atom. The third-order valence-electron chi connectivity index (χ3n) is 4.21. The maximum atomic E-state index is 13.0. The number of nitrogens with zero attached hydrogens (tertiary/aromatic N) is 2. The van der Waals surface area contributed by atoms with Crippen LogP contribution in [0.4, 0.5) is 0 Å². The highest BCUT2D eigenvalue weighted by molar-refractivity contribution is 6.35. The van der Waals surface area contributed by atoms with Crippen molar-refractivity contribution >= 4 is 17.4 Å². The minimum atomic E-state index is -0.330. The Kier molecular flexibility index (Phi) is 4.95. The number of benzene rings is 2. The van der Waals surface area contributed by atoms with Crippen LogP contribution >= 0.6 is 0 Å². The average molecular weight is 336 g/mol. The summed E-state index contributed by atoms with van der Waals surface area (Å²) >= 11 is 0. The lowest BCUT2D eigenvalue weighted by Gasteiger charge is -2.20. The van der Waals surface area contributed by atoms with Crippen LogP contribution in [0.3, 0.4) is 0 Å². The lowest BCUT2D eigenvalue weighted by molar-refractivity contribution is -0.138. The van der Waals surface area contributed by atoms with Gasteiger partial charge in [-0.3, -0.25) is 14.5 Å². The van der Waals surface area contributed by atoms with Gasteiger partial charge in [0.1, 0.15) is 5.70 Å². The number of aliphatic hydroxyl groups is 1. The Morgan fingerprint density at radius 3 is 2.12 bits per heavy atom. The molecule has 0 saturated heterocycles. The molecule has 0 aromatic heterocycles. The van der Waals surface area contributed by atoms with Crippen LogP contribution in [0.2, 0.25) is 0 Å². The van der Waals surface area contributed by atoms with Gasteiger partial charge in [0.05, 0.1) is 18.7 Å². The quantitative estimate of drug-likeness (QED) is 0.819. The molecule has 1 N–H and O–H groups in total. The Morgan fingerprint density at radius 2 is 1.52 bits per heavy atom. The van der Waals surface area contributed by atoms with Gasteiger partial charge >= 0.3 is 0 Å². The fraction of sp³-hybridized carbons (Fsp3) is 0.200. The van der Waals surface area contributed by atoms with E-state index in [9.17, 15) is 14.7 Å². The number of likely N-dealkylation sites (N-methyl/N-ethyl adjacent to an activating group) is 1. The first-order chi connectivity index (χ1) is 12.1. The molecule has 2 aromatic carbocycles. The summed E-state index contributed by atoms with van der Waals surface area (Å²) in [5.74, 6) is -0.636. The number of rotatable bonds is 6. The monoisotopic (exact) mass is 336 g/mol. The molecule has 2 aromatic rings. The number of hydrogen-bond donors (Lipinski definition) is 1. The molecule has 1 aliphatic rings. The van der Waals surface area contributed by atoms with Crippen LogP contribution in [0.15, 0.2) is 66.4 Å². The van der Waals surface area contributed by atoms with Crippen molar-refractivity contribution < 1.29 is 14.7 Å². The van der Waals surface area contributed by atoms with Gasteiger partial charge < -0.3 is 10.0 Å². The minimum Gasteiger partial charge on any atom is -0.395 e. The molecule has 2 amide bonds. The molecule has 5 nitrogen and oxygen atoms in total.